The number of carbonyl (C=O) groups is 2. The number of carbonyl (C=O) groups excluding carboxylic acids is 1. The number of fused-ring (bicyclic) bond motifs is 1. The van der Waals surface area contributed by atoms with Crippen LogP contribution in [0.4, 0.5) is 0 Å². The molecule has 0 spiro atoms. The molecule has 0 amide bonds. The zero-order valence-corrected chi connectivity index (χ0v) is 11.5. The van der Waals surface area contributed by atoms with E-state index in [9.17, 15) is 9.59 Å². The summed E-state index contributed by atoms with van der Waals surface area (Å²) in [7, 11) is 0. The third kappa shape index (κ3) is 2.30. The van der Waals surface area contributed by atoms with Crippen molar-refractivity contribution in [3.63, 3.8) is 0 Å². The van der Waals surface area contributed by atoms with Crippen molar-refractivity contribution in [2.24, 2.45) is 11.8 Å². The minimum Gasteiger partial charge on any atom is -0.490 e. The molecule has 3 atom stereocenters. The first kappa shape index (κ1) is 13.2. The van der Waals surface area contributed by atoms with E-state index in [4.69, 9.17) is 9.84 Å². The number of hydrogen-bond acceptors (Lipinski definition) is 3. The van der Waals surface area contributed by atoms with Crippen LogP contribution in [-0.2, 0) is 11.2 Å². The van der Waals surface area contributed by atoms with Crippen LogP contribution in [-0.4, -0.2) is 23.0 Å². The summed E-state index contributed by atoms with van der Waals surface area (Å²) in [6, 6.07) is 5.57. The summed E-state index contributed by atoms with van der Waals surface area (Å²) >= 11 is 0. The second-order valence-corrected chi connectivity index (χ2v) is 5.86. The molecule has 0 saturated heterocycles. The molecule has 1 N–H and O–H groups in total. The van der Waals surface area contributed by atoms with Crippen molar-refractivity contribution in [1.82, 2.24) is 0 Å². The Labute approximate surface area is 117 Å². The van der Waals surface area contributed by atoms with Crippen LogP contribution < -0.4 is 4.74 Å². The zero-order chi connectivity index (χ0) is 14.3. The maximum absolute atomic E-state index is 12.5. The first-order valence-corrected chi connectivity index (χ1v) is 7.11. The predicted molar refractivity (Wildman–Crippen MR) is 73.0 cm³/mol. The van der Waals surface area contributed by atoms with Gasteiger partial charge in [-0.1, -0.05) is 0 Å². The van der Waals surface area contributed by atoms with Crippen molar-refractivity contribution in [2.45, 2.75) is 38.7 Å². The summed E-state index contributed by atoms with van der Waals surface area (Å²) in [5.74, 6) is -0.341. The first-order valence-electron chi connectivity index (χ1n) is 7.11. The average molecular weight is 274 g/mol. The maximum atomic E-state index is 12.5. The van der Waals surface area contributed by atoms with Crippen LogP contribution in [0.2, 0.25) is 0 Å². The smallest absolute Gasteiger partial charge is 0.306 e. The molecular weight excluding hydrogens is 256 g/mol. The maximum Gasteiger partial charge on any atom is 0.306 e. The molecule has 4 heteroatoms. The standard InChI is InChI=1S/C16H18O4/c1-9-6-13-8-11(4-5-14(13)20-9)15(17)10-2-3-12(7-10)16(18)19/h4-5,8-10,12H,2-3,6-7H2,1H3,(H,18,19). The number of carboxylic acids is 1. The van der Waals surface area contributed by atoms with Gasteiger partial charge < -0.3 is 9.84 Å². The number of ketones is 1. The van der Waals surface area contributed by atoms with E-state index in [0.29, 0.717) is 24.8 Å². The number of benzene rings is 1. The van der Waals surface area contributed by atoms with Gasteiger partial charge in [-0.2, -0.15) is 0 Å². The van der Waals surface area contributed by atoms with E-state index in [-0.39, 0.29) is 23.7 Å². The highest BCUT2D eigenvalue weighted by Crippen LogP contribution is 2.35. The molecular formula is C16H18O4. The Kier molecular flexibility index (Phi) is 3.24. The van der Waals surface area contributed by atoms with E-state index in [1.165, 1.54) is 0 Å². The van der Waals surface area contributed by atoms with Gasteiger partial charge in [0.2, 0.25) is 0 Å². The van der Waals surface area contributed by atoms with Crippen LogP contribution in [0.25, 0.3) is 0 Å². The van der Waals surface area contributed by atoms with Crippen LogP contribution in [0.1, 0.15) is 42.1 Å². The van der Waals surface area contributed by atoms with Gasteiger partial charge in [-0.25, -0.2) is 0 Å². The van der Waals surface area contributed by atoms with Gasteiger partial charge in [0, 0.05) is 17.9 Å². The van der Waals surface area contributed by atoms with E-state index in [1.54, 1.807) is 6.07 Å². The van der Waals surface area contributed by atoms with E-state index in [0.717, 1.165) is 17.7 Å². The molecule has 106 valence electrons. The van der Waals surface area contributed by atoms with Crippen LogP contribution in [0.15, 0.2) is 18.2 Å². The molecule has 1 aromatic carbocycles. The van der Waals surface area contributed by atoms with E-state index in [1.807, 2.05) is 19.1 Å². The molecule has 1 aliphatic carbocycles. The molecule has 1 saturated carbocycles. The van der Waals surface area contributed by atoms with Crippen LogP contribution in [0, 0.1) is 11.8 Å². The lowest BCUT2D eigenvalue weighted by molar-refractivity contribution is -0.141. The largest absolute Gasteiger partial charge is 0.490 e. The number of rotatable bonds is 3. The summed E-state index contributed by atoms with van der Waals surface area (Å²) in [5, 5.41) is 9.01. The van der Waals surface area contributed by atoms with E-state index in [2.05, 4.69) is 0 Å². The lowest BCUT2D eigenvalue weighted by Gasteiger charge is -2.09. The first-order chi connectivity index (χ1) is 9.54. The normalized spacial score (nSPS) is 27.9. The molecule has 1 fully saturated rings. The molecule has 1 heterocycles. The highest BCUT2D eigenvalue weighted by atomic mass is 16.5. The Morgan fingerprint density at radius 3 is 2.70 bits per heavy atom. The highest BCUT2D eigenvalue weighted by molar-refractivity contribution is 5.98. The third-order valence-electron chi connectivity index (χ3n) is 4.33. The third-order valence-corrected chi connectivity index (χ3v) is 4.33. The van der Waals surface area contributed by atoms with Gasteiger partial charge in [-0.15, -0.1) is 0 Å². The molecule has 2 aliphatic rings. The number of Topliss-reactive ketones (excluding diaryl/α,β-unsaturated/α-hetero) is 1. The fourth-order valence-corrected chi connectivity index (χ4v) is 3.25. The lowest BCUT2D eigenvalue weighted by Crippen LogP contribution is -2.14. The fourth-order valence-electron chi connectivity index (χ4n) is 3.25. The Balaban J connectivity index is 1.76. The highest BCUT2D eigenvalue weighted by Gasteiger charge is 2.34. The number of aliphatic carboxylic acids is 1. The van der Waals surface area contributed by atoms with Gasteiger partial charge >= 0.3 is 5.97 Å². The van der Waals surface area contributed by atoms with Crippen molar-refractivity contribution in [3.8, 4) is 5.75 Å². The molecule has 1 aliphatic heterocycles. The minimum absolute atomic E-state index is 0.0797. The SMILES string of the molecule is CC1Cc2cc(C(=O)C3CCC(C(=O)O)C3)ccc2O1. The van der Waals surface area contributed by atoms with Crippen LogP contribution >= 0.6 is 0 Å². The van der Waals surface area contributed by atoms with Crippen LogP contribution in [0.5, 0.6) is 5.75 Å². The summed E-state index contributed by atoms with van der Waals surface area (Å²) in [6.45, 7) is 2.01. The van der Waals surface area contributed by atoms with Crippen molar-refractivity contribution in [3.05, 3.63) is 29.3 Å². The van der Waals surface area contributed by atoms with Gasteiger partial charge in [-0.05, 0) is 49.9 Å². The lowest BCUT2D eigenvalue weighted by atomic mass is 9.93. The molecule has 20 heavy (non-hydrogen) atoms. The van der Waals surface area contributed by atoms with Gasteiger partial charge in [0.15, 0.2) is 5.78 Å². The second kappa shape index (κ2) is 4.93. The topological polar surface area (TPSA) is 63.6 Å². The van der Waals surface area contributed by atoms with Crippen LogP contribution in [0.3, 0.4) is 0 Å². The molecule has 3 rings (SSSR count). The molecule has 3 unspecified atom stereocenters. The molecule has 0 bridgehead atoms. The zero-order valence-electron chi connectivity index (χ0n) is 11.5. The number of ether oxygens (including phenoxy) is 1. The van der Waals surface area contributed by atoms with Gasteiger partial charge in [0.1, 0.15) is 11.9 Å². The average Bonchev–Trinajstić information content (AvgIpc) is 3.02. The Hall–Kier alpha value is -1.84. The van der Waals surface area contributed by atoms with Gasteiger partial charge in [0.05, 0.1) is 5.92 Å². The monoisotopic (exact) mass is 274 g/mol. The molecule has 0 radical (unpaired) electrons. The van der Waals surface area contributed by atoms with Crippen molar-refractivity contribution < 1.29 is 19.4 Å². The Morgan fingerprint density at radius 1 is 1.25 bits per heavy atom. The Morgan fingerprint density at radius 2 is 2.00 bits per heavy atom. The summed E-state index contributed by atoms with van der Waals surface area (Å²) < 4.78 is 5.63. The summed E-state index contributed by atoms with van der Waals surface area (Å²) in [5.41, 5.74) is 1.77. The quantitative estimate of drug-likeness (QED) is 0.861. The van der Waals surface area contributed by atoms with Crippen molar-refractivity contribution in [2.75, 3.05) is 0 Å². The Bertz CT molecular complexity index is 564. The van der Waals surface area contributed by atoms with E-state index >= 15 is 0 Å². The van der Waals surface area contributed by atoms with Gasteiger partial charge in [0.25, 0.3) is 0 Å². The van der Waals surface area contributed by atoms with Gasteiger partial charge in [-0.3, -0.25) is 9.59 Å². The molecule has 0 aromatic heterocycles. The molecule has 4 nitrogen and oxygen atoms in total. The van der Waals surface area contributed by atoms with Crippen molar-refractivity contribution in [1.29, 1.82) is 0 Å². The van der Waals surface area contributed by atoms with Crippen molar-refractivity contribution >= 4 is 11.8 Å². The second-order valence-electron chi connectivity index (χ2n) is 5.86. The summed E-state index contributed by atoms with van der Waals surface area (Å²) in [4.78, 5) is 23.4. The predicted octanol–water partition coefficient (Wildman–Crippen LogP) is 2.69. The number of carboxylic acid groups (broad SMARTS) is 1. The van der Waals surface area contributed by atoms with E-state index < -0.39 is 5.97 Å². The summed E-state index contributed by atoms with van der Waals surface area (Å²) in [6.07, 6.45) is 2.76. The molecule has 1 aromatic rings. The fraction of sp³-hybridized carbons (Fsp3) is 0.500. The number of hydrogen-bond donors (Lipinski definition) is 1. The minimum atomic E-state index is -0.781.